The van der Waals surface area contributed by atoms with Gasteiger partial charge in [-0.3, -0.25) is 0 Å². The zero-order valence-electron chi connectivity index (χ0n) is 15.2. The van der Waals surface area contributed by atoms with Crippen LogP contribution in [0.5, 0.6) is 5.75 Å². The number of carbonyl (C=O) groups is 1. The molecule has 3 rings (SSSR count). The van der Waals surface area contributed by atoms with Gasteiger partial charge in [-0.25, -0.2) is 9.48 Å². The van der Waals surface area contributed by atoms with E-state index >= 15 is 0 Å². The molecule has 3 aromatic rings. The molecule has 0 aliphatic heterocycles. The zero-order valence-corrected chi connectivity index (χ0v) is 16.0. The molecule has 0 spiro atoms. The van der Waals surface area contributed by atoms with E-state index in [-0.39, 0.29) is 23.9 Å². The van der Waals surface area contributed by atoms with E-state index in [2.05, 4.69) is 5.10 Å². The highest BCUT2D eigenvalue weighted by Gasteiger charge is 2.35. The first kappa shape index (κ1) is 20.7. The average Bonchev–Trinajstić information content (AvgIpc) is 3.12. The molecule has 5 nitrogen and oxygen atoms in total. The van der Waals surface area contributed by atoms with Crippen LogP contribution in [0.25, 0.3) is 5.69 Å². The molecule has 0 saturated heterocycles. The summed E-state index contributed by atoms with van der Waals surface area (Å²) in [4.78, 5) is 11.7. The number of hydrogen-bond acceptors (Lipinski definition) is 4. The number of ether oxygens (including phenoxy) is 2. The molecule has 1 heterocycles. The number of hydrogen-bond donors (Lipinski definition) is 0. The predicted octanol–water partition coefficient (Wildman–Crippen LogP) is 5.30. The lowest BCUT2D eigenvalue weighted by Crippen LogP contribution is -2.09. The van der Waals surface area contributed by atoms with E-state index in [0.29, 0.717) is 17.0 Å². The summed E-state index contributed by atoms with van der Waals surface area (Å²) in [5.41, 5.74) is -0.228. The van der Waals surface area contributed by atoms with Crippen molar-refractivity contribution in [2.24, 2.45) is 0 Å². The number of alkyl halides is 3. The van der Waals surface area contributed by atoms with Gasteiger partial charge in [0.25, 0.3) is 0 Å². The third kappa shape index (κ3) is 4.89. The molecule has 0 unspecified atom stereocenters. The van der Waals surface area contributed by atoms with E-state index in [0.717, 1.165) is 10.7 Å². The van der Waals surface area contributed by atoms with Gasteiger partial charge < -0.3 is 9.47 Å². The summed E-state index contributed by atoms with van der Waals surface area (Å²) < 4.78 is 51.0. The van der Waals surface area contributed by atoms with Crippen LogP contribution in [0, 0.1) is 0 Å². The number of nitrogens with zero attached hydrogens (tertiary/aromatic N) is 2. The van der Waals surface area contributed by atoms with Crippen molar-refractivity contribution in [3.8, 4) is 11.4 Å². The van der Waals surface area contributed by atoms with Crippen molar-refractivity contribution in [2.45, 2.75) is 19.7 Å². The highest BCUT2D eigenvalue weighted by atomic mass is 35.5. The van der Waals surface area contributed by atoms with Crippen LogP contribution in [-0.4, -0.2) is 22.4 Å². The van der Waals surface area contributed by atoms with Crippen molar-refractivity contribution in [1.29, 1.82) is 0 Å². The molecule has 152 valence electrons. The number of halogens is 4. The van der Waals surface area contributed by atoms with Crippen molar-refractivity contribution in [2.75, 3.05) is 6.61 Å². The summed E-state index contributed by atoms with van der Waals surface area (Å²) in [6, 6.07) is 13.4. The van der Waals surface area contributed by atoms with Crippen molar-refractivity contribution in [3.05, 3.63) is 76.6 Å². The summed E-state index contributed by atoms with van der Waals surface area (Å²) in [7, 11) is 0. The van der Waals surface area contributed by atoms with Gasteiger partial charge in [0.15, 0.2) is 5.69 Å². The molecule has 0 bridgehead atoms. The van der Waals surface area contributed by atoms with E-state index in [1.54, 1.807) is 31.2 Å². The molecular formula is C20H16ClF3N2O3. The summed E-state index contributed by atoms with van der Waals surface area (Å²) in [5.74, 6) is -0.0934. The van der Waals surface area contributed by atoms with Gasteiger partial charge in [0.1, 0.15) is 12.4 Å². The number of carbonyl (C=O) groups excluding carboxylic acids is 1. The standard InChI is InChI=1S/C20H16ClF3N2O3/c1-2-28-19(27)13-7-9-15(10-8-13)29-12-14-11-18(20(22,23)24)25-26(14)17-6-4-3-5-16(17)21/h3-11H,2,12H2,1H3. The fraction of sp³-hybridized carbons (Fsp3) is 0.200. The number of benzene rings is 2. The summed E-state index contributed by atoms with van der Waals surface area (Å²) in [5, 5.41) is 3.90. The largest absolute Gasteiger partial charge is 0.487 e. The molecule has 0 N–H and O–H groups in total. The summed E-state index contributed by atoms with van der Waals surface area (Å²) >= 11 is 6.12. The number of para-hydroxylation sites is 1. The second kappa shape index (κ2) is 8.57. The Morgan fingerprint density at radius 2 is 1.83 bits per heavy atom. The molecule has 9 heteroatoms. The fourth-order valence-corrected chi connectivity index (χ4v) is 2.77. The lowest BCUT2D eigenvalue weighted by molar-refractivity contribution is -0.141. The van der Waals surface area contributed by atoms with Gasteiger partial charge >= 0.3 is 12.1 Å². The minimum absolute atomic E-state index is 0.167. The highest BCUT2D eigenvalue weighted by molar-refractivity contribution is 6.32. The summed E-state index contributed by atoms with van der Waals surface area (Å²) in [6.45, 7) is 1.77. The van der Waals surface area contributed by atoms with E-state index in [1.807, 2.05) is 0 Å². The smallest absolute Gasteiger partial charge is 0.435 e. The fourth-order valence-electron chi connectivity index (χ4n) is 2.55. The Morgan fingerprint density at radius 3 is 2.45 bits per heavy atom. The van der Waals surface area contributed by atoms with E-state index in [4.69, 9.17) is 21.1 Å². The third-order valence-corrected chi connectivity index (χ3v) is 4.23. The van der Waals surface area contributed by atoms with E-state index in [9.17, 15) is 18.0 Å². The van der Waals surface area contributed by atoms with Crippen LogP contribution < -0.4 is 4.74 Å². The molecule has 1 aromatic heterocycles. The first-order valence-electron chi connectivity index (χ1n) is 8.60. The quantitative estimate of drug-likeness (QED) is 0.504. The average molecular weight is 425 g/mol. The van der Waals surface area contributed by atoms with Gasteiger partial charge in [0.05, 0.1) is 28.6 Å². The Balaban J connectivity index is 1.84. The minimum atomic E-state index is -4.61. The Kier molecular flexibility index (Phi) is 6.12. The molecule has 0 radical (unpaired) electrons. The van der Waals surface area contributed by atoms with E-state index in [1.165, 1.54) is 24.3 Å². The Bertz CT molecular complexity index is 1000. The lowest BCUT2D eigenvalue weighted by atomic mass is 10.2. The number of esters is 1. The molecule has 0 amide bonds. The Hall–Kier alpha value is -3.00. The predicted molar refractivity (Wildman–Crippen MR) is 100 cm³/mol. The van der Waals surface area contributed by atoms with Crippen molar-refractivity contribution < 1.29 is 27.4 Å². The van der Waals surface area contributed by atoms with Crippen LogP contribution in [0.4, 0.5) is 13.2 Å². The SMILES string of the molecule is CCOC(=O)c1ccc(OCc2cc(C(F)(F)F)nn2-c2ccccc2Cl)cc1. The van der Waals surface area contributed by atoms with Crippen molar-refractivity contribution in [1.82, 2.24) is 9.78 Å². The summed E-state index contributed by atoms with van der Waals surface area (Å²) in [6.07, 6.45) is -4.61. The van der Waals surface area contributed by atoms with Crippen LogP contribution in [0.3, 0.4) is 0 Å². The topological polar surface area (TPSA) is 53.4 Å². The number of rotatable bonds is 6. The third-order valence-electron chi connectivity index (χ3n) is 3.91. The van der Waals surface area contributed by atoms with E-state index < -0.39 is 17.8 Å². The second-order valence-electron chi connectivity index (χ2n) is 5.92. The van der Waals surface area contributed by atoms with Crippen LogP contribution in [0.1, 0.15) is 28.7 Å². The van der Waals surface area contributed by atoms with Gasteiger partial charge in [-0.1, -0.05) is 23.7 Å². The Labute approximate surface area is 169 Å². The van der Waals surface area contributed by atoms with Crippen LogP contribution >= 0.6 is 11.6 Å². The second-order valence-corrected chi connectivity index (χ2v) is 6.32. The maximum absolute atomic E-state index is 13.2. The molecular weight excluding hydrogens is 409 g/mol. The zero-order chi connectivity index (χ0) is 21.0. The van der Waals surface area contributed by atoms with Gasteiger partial charge in [-0.15, -0.1) is 0 Å². The normalized spacial score (nSPS) is 11.3. The van der Waals surface area contributed by atoms with Gasteiger partial charge in [-0.05, 0) is 49.4 Å². The first-order valence-corrected chi connectivity index (χ1v) is 8.98. The number of aromatic nitrogens is 2. The minimum Gasteiger partial charge on any atom is -0.487 e. The van der Waals surface area contributed by atoms with Gasteiger partial charge in [0, 0.05) is 0 Å². The van der Waals surface area contributed by atoms with Crippen molar-refractivity contribution in [3.63, 3.8) is 0 Å². The van der Waals surface area contributed by atoms with Crippen LogP contribution in [0.2, 0.25) is 5.02 Å². The lowest BCUT2D eigenvalue weighted by Gasteiger charge is -2.11. The van der Waals surface area contributed by atoms with Crippen molar-refractivity contribution >= 4 is 17.6 Å². The maximum Gasteiger partial charge on any atom is 0.435 e. The van der Waals surface area contributed by atoms with Gasteiger partial charge in [-0.2, -0.15) is 18.3 Å². The maximum atomic E-state index is 13.2. The highest BCUT2D eigenvalue weighted by Crippen LogP contribution is 2.31. The molecule has 0 aliphatic carbocycles. The Morgan fingerprint density at radius 1 is 1.14 bits per heavy atom. The monoisotopic (exact) mass is 424 g/mol. The molecule has 0 atom stereocenters. The molecule has 0 aliphatic rings. The van der Waals surface area contributed by atoms with Crippen LogP contribution in [-0.2, 0) is 17.5 Å². The van der Waals surface area contributed by atoms with Crippen LogP contribution in [0.15, 0.2) is 54.6 Å². The molecule has 29 heavy (non-hydrogen) atoms. The molecule has 0 saturated carbocycles. The molecule has 0 fully saturated rings. The first-order chi connectivity index (χ1) is 13.8. The van der Waals surface area contributed by atoms with Gasteiger partial charge in [0.2, 0.25) is 0 Å². The molecule has 2 aromatic carbocycles.